The highest BCUT2D eigenvalue weighted by molar-refractivity contribution is 5.08. The summed E-state index contributed by atoms with van der Waals surface area (Å²) in [6.07, 6.45) is 4.91. The number of nitrogens with zero attached hydrogens (tertiary/aromatic N) is 2. The number of nitrogens with one attached hydrogen (secondary N) is 1. The summed E-state index contributed by atoms with van der Waals surface area (Å²) in [5.41, 5.74) is 1.68. The zero-order valence-electron chi connectivity index (χ0n) is 11.8. The molecule has 2 rings (SSSR count). The molecule has 1 aromatic rings. The molecule has 1 atom stereocenters. The minimum atomic E-state index is 0.340. The van der Waals surface area contributed by atoms with Crippen LogP contribution in [0, 0.1) is 5.41 Å². The van der Waals surface area contributed by atoms with E-state index in [9.17, 15) is 0 Å². The van der Waals surface area contributed by atoms with Crippen molar-refractivity contribution < 1.29 is 0 Å². The van der Waals surface area contributed by atoms with Crippen molar-refractivity contribution in [2.24, 2.45) is 5.41 Å². The lowest BCUT2D eigenvalue weighted by Gasteiger charge is -2.40. The highest BCUT2D eigenvalue weighted by Crippen LogP contribution is 2.21. The van der Waals surface area contributed by atoms with Gasteiger partial charge in [0.2, 0.25) is 0 Å². The van der Waals surface area contributed by atoms with Crippen LogP contribution in [0.15, 0.2) is 24.5 Å². The lowest BCUT2D eigenvalue weighted by molar-refractivity contribution is 0.135. The summed E-state index contributed by atoms with van der Waals surface area (Å²) in [5, 5.41) is 3.63. The number of hydrogen-bond acceptors (Lipinski definition) is 3. The van der Waals surface area contributed by atoms with Crippen molar-refractivity contribution in [1.82, 2.24) is 15.2 Å². The standard InChI is InChI=1S/C15H25N3/c1-15(2,3)14-12-18(10-8-17-14)9-6-13-5-4-7-16-11-13/h4-5,7,11,14,17H,6,8-10,12H2,1-3H3. The van der Waals surface area contributed by atoms with E-state index in [0.717, 1.165) is 32.6 Å². The Hall–Kier alpha value is -0.930. The second-order valence-electron chi connectivity index (χ2n) is 6.28. The van der Waals surface area contributed by atoms with Crippen LogP contribution in [0.4, 0.5) is 0 Å². The van der Waals surface area contributed by atoms with Gasteiger partial charge in [-0.1, -0.05) is 26.8 Å². The van der Waals surface area contributed by atoms with Crippen LogP contribution in [0.25, 0.3) is 0 Å². The third-order valence-electron chi connectivity index (χ3n) is 3.74. The second kappa shape index (κ2) is 5.81. The van der Waals surface area contributed by atoms with E-state index in [4.69, 9.17) is 0 Å². The molecular weight excluding hydrogens is 222 g/mol. The molecule has 2 heterocycles. The highest BCUT2D eigenvalue weighted by atomic mass is 15.2. The number of hydrogen-bond donors (Lipinski definition) is 1. The molecule has 0 bridgehead atoms. The molecule has 1 aliphatic rings. The first-order valence-electron chi connectivity index (χ1n) is 6.90. The average molecular weight is 247 g/mol. The van der Waals surface area contributed by atoms with Gasteiger partial charge in [-0.3, -0.25) is 4.98 Å². The molecule has 0 aromatic carbocycles. The van der Waals surface area contributed by atoms with E-state index in [1.807, 2.05) is 18.5 Å². The number of pyridine rings is 1. The topological polar surface area (TPSA) is 28.2 Å². The fourth-order valence-corrected chi connectivity index (χ4v) is 2.43. The van der Waals surface area contributed by atoms with Crippen LogP contribution < -0.4 is 5.32 Å². The van der Waals surface area contributed by atoms with Gasteiger partial charge < -0.3 is 10.2 Å². The Kier molecular flexibility index (Phi) is 4.36. The normalized spacial score (nSPS) is 22.1. The molecule has 1 aromatic heterocycles. The molecule has 1 saturated heterocycles. The van der Waals surface area contributed by atoms with Gasteiger partial charge in [0.25, 0.3) is 0 Å². The lowest BCUT2D eigenvalue weighted by Crippen LogP contribution is -2.56. The number of piperazine rings is 1. The van der Waals surface area contributed by atoms with Crippen LogP contribution in [-0.4, -0.2) is 42.1 Å². The summed E-state index contributed by atoms with van der Waals surface area (Å²) in [6.45, 7) is 11.5. The molecule has 1 unspecified atom stereocenters. The van der Waals surface area contributed by atoms with E-state index >= 15 is 0 Å². The molecule has 3 heteroatoms. The summed E-state index contributed by atoms with van der Waals surface area (Å²) in [7, 11) is 0. The smallest absolute Gasteiger partial charge is 0.0300 e. The van der Waals surface area contributed by atoms with Crippen molar-refractivity contribution in [3.8, 4) is 0 Å². The average Bonchev–Trinajstić information content (AvgIpc) is 2.37. The van der Waals surface area contributed by atoms with Gasteiger partial charge in [-0.15, -0.1) is 0 Å². The van der Waals surface area contributed by atoms with Crippen LogP contribution in [0.3, 0.4) is 0 Å². The zero-order valence-corrected chi connectivity index (χ0v) is 11.8. The maximum Gasteiger partial charge on any atom is 0.0300 e. The molecule has 100 valence electrons. The Bertz CT molecular complexity index is 356. The molecule has 0 saturated carbocycles. The van der Waals surface area contributed by atoms with Crippen molar-refractivity contribution in [3.63, 3.8) is 0 Å². The first kappa shape index (κ1) is 13.5. The fraction of sp³-hybridized carbons (Fsp3) is 0.667. The number of aromatic nitrogens is 1. The van der Waals surface area contributed by atoms with Crippen molar-refractivity contribution in [3.05, 3.63) is 30.1 Å². The molecule has 3 nitrogen and oxygen atoms in total. The summed E-state index contributed by atoms with van der Waals surface area (Å²) in [6, 6.07) is 4.78. The van der Waals surface area contributed by atoms with Gasteiger partial charge in [0.15, 0.2) is 0 Å². The van der Waals surface area contributed by atoms with Crippen LogP contribution in [0.5, 0.6) is 0 Å². The third-order valence-corrected chi connectivity index (χ3v) is 3.74. The second-order valence-corrected chi connectivity index (χ2v) is 6.28. The minimum absolute atomic E-state index is 0.340. The molecule has 18 heavy (non-hydrogen) atoms. The predicted molar refractivity (Wildman–Crippen MR) is 75.6 cm³/mol. The Morgan fingerprint density at radius 1 is 1.44 bits per heavy atom. The van der Waals surface area contributed by atoms with Gasteiger partial charge in [-0.25, -0.2) is 0 Å². The van der Waals surface area contributed by atoms with Crippen molar-refractivity contribution >= 4 is 0 Å². The van der Waals surface area contributed by atoms with Crippen LogP contribution in [-0.2, 0) is 6.42 Å². The van der Waals surface area contributed by atoms with Crippen LogP contribution in [0.2, 0.25) is 0 Å². The lowest BCUT2D eigenvalue weighted by atomic mass is 9.85. The SMILES string of the molecule is CC(C)(C)C1CN(CCc2cccnc2)CCN1. The Labute approximate surface area is 111 Å². The minimum Gasteiger partial charge on any atom is -0.311 e. The van der Waals surface area contributed by atoms with Crippen molar-refractivity contribution in [2.75, 3.05) is 26.2 Å². The van der Waals surface area contributed by atoms with Gasteiger partial charge in [0.05, 0.1) is 0 Å². The van der Waals surface area contributed by atoms with Crippen molar-refractivity contribution in [1.29, 1.82) is 0 Å². The van der Waals surface area contributed by atoms with E-state index in [-0.39, 0.29) is 0 Å². The van der Waals surface area contributed by atoms with E-state index in [2.05, 4.69) is 42.0 Å². The van der Waals surface area contributed by atoms with E-state index < -0.39 is 0 Å². The van der Waals surface area contributed by atoms with Crippen molar-refractivity contribution in [2.45, 2.75) is 33.2 Å². The Morgan fingerprint density at radius 2 is 2.28 bits per heavy atom. The third kappa shape index (κ3) is 3.79. The Balaban J connectivity index is 1.83. The molecule has 1 N–H and O–H groups in total. The summed E-state index contributed by atoms with van der Waals surface area (Å²) < 4.78 is 0. The van der Waals surface area contributed by atoms with E-state index in [0.29, 0.717) is 11.5 Å². The van der Waals surface area contributed by atoms with Gasteiger partial charge in [-0.05, 0) is 23.5 Å². The summed E-state index contributed by atoms with van der Waals surface area (Å²) in [5.74, 6) is 0. The van der Waals surface area contributed by atoms with Gasteiger partial charge in [0, 0.05) is 44.6 Å². The quantitative estimate of drug-likeness (QED) is 0.885. The monoisotopic (exact) mass is 247 g/mol. The predicted octanol–water partition coefficient (Wildman–Crippen LogP) is 1.94. The van der Waals surface area contributed by atoms with Gasteiger partial charge in [0.1, 0.15) is 0 Å². The fourth-order valence-electron chi connectivity index (χ4n) is 2.43. The van der Waals surface area contributed by atoms with E-state index in [1.54, 1.807) is 0 Å². The molecular formula is C15H25N3. The molecule has 1 aliphatic heterocycles. The Morgan fingerprint density at radius 3 is 2.94 bits per heavy atom. The highest BCUT2D eigenvalue weighted by Gasteiger charge is 2.28. The molecule has 0 spiro atoms. The summed E-state index contributed by atoms with van der Waals surface area (Å²) in [4.78, 5) is 6.74. The first-order chi connectivity index (χ1) is 8.55. The zero-order chi connectivity index (χ0) is 13.0. The van der Waals surface area contributed by atoms with Crippen LogP contribution in [0.1, 0.15) is 26.3 Å². The largest absolute Gasteiger partial charge is 0.311 e. The maximum absolute atomic E-state index is 4.17. The van der Waals surface area contributed by atoms with Gasteiger partial charge in [-0.2, -0.15) is 0 Å². The molecule has 0 amide bonds. The maximum atomic E-state index is 4.17. The molecule has 0 radical (unpaired) electrons. The van der Waals surface area contributed by atoms with Gasteiger partial charge >= 0.3 is 0 Å². The molecule has 0 aliphatic carbocycles. The summed E-state index contributed by atoms with van der Waals surface area (Å²) >= 11 is 0. The number of rotatable bonds is 3. The molecule has 1 fully saturated rings. The van der Waals surface area contributed by atoms with Crippen LogP contribution >= 0.6 is 0 Å². The van der Waals surface area contributed by atoms with E-state index in [1.165, 1.54) is 5.56 Å². The first-order valence-corrected chi connectivity index (χ1v) is 6.90.